The minimum absolute atomic E-state index is 0.277. The number of benzene rings is 1. The number of amides is 1. The number of hydrogen-bond acceptors (Lipinski definition) is 3. The van der Waals surface area contributed by atoms with Gasteiger partial charge in [0.2, 0.25) is 0 Å². The molecule has 1 amide bonds. The maximum absolute atomic E-state index is 13.6. The average Bonchev–Trinajstić information content (AvgIpc) is 2.52. The lowest BCUT2D eigenvalue weighted by atomic mass is 10.0. The van der Waals surface area contributed by atoms with Crippen molar-refractivity contribution in [3.05, 3.63) is 35.1 Å². The largest absolute Gasteiger partial charge is 0.353 e. The maximum Gasteiger partial charge on any atom is 0.256 e. The number of piperidine rings is 1. The summed E-state index contributed by atoms with van der Waals surface area (Å²) in [5, 5.41) is 0. The van der Waals surface area contributed by atoms with Gasteiger partial charge in [-0.15, -0.1) is 0 Å². The number of carbonyl (C=O) groups excluding carboxylic acids is 1. The Labute approximate surface area is 120 Å². The van der Waals surface area contributed by atoms with Gasteiger partial charge in [-0.25, -0.2) is 13.2 Å². The van der Waals surface area contributed by atoms with E-state index in [4.69, 9.17) is 9.47 Å². The number of hydrogen-bond donors (Lipinski definition) is 0. The van der Waals surface area contributed by atoms with Gasteiger partial charge in [-0.3, -0.25) is 4.79 Å². The summed E-state index contributed by atoms with van der Waals surface area (Å²) in [5.41, 5.74) is -0.476. The van der Waals surface area contributed by atoms with Gasteiger partial charge in [0, 0.05) is 40.2 Å². The van der Waals surface area contributed by atoms with Crippen LogP contribution >= 0.6 is 0 Å². The van der Waals surface area contributed by atoms with Gasteiger partial charge in [0.1, 0.15) is 0 Å². The molecule has 116 valence electrons. The second-order valence-corrected chi connectivity index (χ2v) is 4.83. The van der Waals surface area contributed by atoms with Crippen LogP contribution in [0.15, 0.2) is 12.1 Å². The monoisotopic (exact) mass is 303 g/mol. The third-order valence-corrected chi connectivity index (χ3v) is 3.82. The first-order chi connectivity index (χ1) is 9.94. The Balaban J connectivity index is 2.14. The highest BCUT2D eigenvalue weighted by Crippen LogP contribution is 2.27. The molecular formula is C14H16F3NO3. The fourth-order valence-corrected chi connectivity index (χ4v) is 2.40. The van der Waals surface area contributed by atoms with Gasteiger partial charge in [0.15, 0.2) is 23.2 Å². The molecule has 0 aliphatic carbocycles. The van der Waals surface area contributed by atoms with E-state index in [0.717, 1.165) is 12.1 Å². The van der Waals surface area contributed by atoms with Gasteiger partial charge in [0.25, 0.3) is 5.91 Å². The Morgan fingerprint density at radius 2 is 1.67 bits per heavy atom. The van der Waals surface area contributed by atoms with E-state index in [1.807, 2.05) is 0 Å². The zero-order valence-corrected chi connectivity index (χ0v) is 11.8. The standard InChI is InChI=1S/C14H16F3NO3/c1-20-14(21-2)5-7-18(8-6-14)13(19)9-3-4-10(15)12(17)11(9)16/h3-4H,5-8H2,1-2H3. The molecule has 0 N–H and O–H groups in total. The summed E-state index contributed by atoms with van der Waals surface area (Å²) >= 11 is 0. The Morgan fingerprint density at radius 1 is 1.10 bits per heavy atom. The van der Waals surface area contributed by atoms with Crippen molar-refractivity contribution < 1.29 is 27.4 Å². The summed E-state index contributed by atoms with van der Waals surface area (Å²) in [4.78, 5) is 13.6. The number of nitrogens with zero attached hydrogens (tertiary/aromatic N) is 1. The molecule has 1 heterocycles. The smallest absolute Gasteiger partial charge is 0.256 e. The van der Waals surface area contributed by atoms with Crippen molar-refractivity contribution in [2.75, 3.05) is 27.3 Å². The van der Waals surface area contributed by atoms with Crippen LogP contribution in [0.1, 0.15) is 23.2 Å². The number of ether oxygens (including phenoxy) is 2. The van der Waals surface area contributed by atoms with Crippen molar-refractivity contribution in [1.82, 2.24) is 4.90 Å². The third kappa shape index (κ3) is 2.89. The number of rotatable bonds is 3. The van der Waals surface area contributed by atoms with E-state index in [1.165, 1.54) is 19.1 Å². The van der Waals surface area contributed by atoms with Crippen LogP contribution in [0.4, 0.5) is 13.2 Å². The second kappa shape index (κ2) is 6.03. The predicted octanol–water partition coefficient (Wildman–Crippen LogP) is 2.33. The van der Waals surface area contributed by atoms with Crippen LogP contribution in [0, 0.1) is 17.5 Å². The normalized spacial score (nSPS) is 17.9. The summed E-state index contributed by atoms with van der Waals surface area (Å²) in [6.07, 6.45) is 0.827. The number of halogens is 3. The fourth-order valence-electron chi connectivity index (χ4n) is 2.40. The summed E-state index contributed by atoms with van der Waals surface area (Å²) in [7, 11) is 3.02. The van der Waals surface area contributed by atoms with Gasteiger partial charge >= 0.3 is 0 Å². The molecule has 1 aliphatic heterocycles. The molecule has 0 spiro atoms. The quantitative estimate of drug-likeness (QED) is 0.635. The van der Waals surface area contributed by atoms with E-state index in [2.05, 4.69) is 0 Å². The molecule has 1 saturated heterocycles. The van der Waals surface area contributed by atoms with E-state index in [9.17, 15) is 18.0 Å². The number of likely N-dealkylation sites (tertiary alicyclic amines) is 1. The highest BCUT2D eigenvalue weighted by Gasteiger charge is 2.36. The first kappa shape index (κ1) is 15.8. The highest BCUT2D eigenvalue weighted by molar-refractivity contribution is 5.94. The van der Waals surface area contributed by atoms with Crippen molar-refractivity contribution in [2.24, 2.45) is 0 Å². The van der Waals surface area contributed by atoms with Gasteiger partial charge in [-0.1, -0.05) is 0 Å². The van der Waals surface area contributed by atoms with E-state index < -0.39 is 34.7 Å². The number of carbonyl (C=O) groups is 1. The van der Waals surface area contributed by atoms with Gasteiger partial charge < -0.3 is 14.4 Å². The molecule has 21 heavy (non-hydrogen) atoms. The molecule has 2 rings (SSSR count). The summed E-state index contributed by atoms with van der Waals surface area (Å²) in [5.74, 6) is -5.85. The van der Waals surface area contributed by atoms with Crippen LogP contribution in [0.5, 0.6) is 0 Å². The maximum atomic E-state index is 13.6. The summed E-state index contributed by atoms with van der Waals surface area (Å²) in [6.45, 7) is 0.553. The van der Waals surface area contributed by atoms with E-state index in [1.54, 1.807) is 0 Å². The Kier molecular flexibility index (Phi) is 4.53. The molecule has 0 bridgehead atoms. The molecule has 4 nitrogen and oxygen atoms in total. The van der Waals surface area contributed by atoms with Crippen molar-refractivity contribution in [2.45, 2.75) is 18.6 Å². The lowest BCUT2D eigenvalue weighted by molar-refractivity contribution is -0.226. The van der Waals surface area contributed by atoms with E-state index >= 15 is 0 Å². The lowest BCUT2D eigenvalue weighted by Gasteiger charge is -2.39. The van der Waals surface area contributed by atoms with Crippen molar-refractivity contribution in [1.29, 1.82) is 0 Å². The molecule has 0 saturated carbocycles. The summed E-state index contributed by atoms with van der Waals surface area (Å²) < 4.78 is 50.3. The molecule has 1 aromatic carbocycles. The Morgan fingerprint density at radius 3 is 2.19 bits per heavy atom. The van der Waals surface area contributed by atoms with E-state index in [-0.39, 0.29) is 13.1 Å². The van der Waals surface area contributed by atoms with Gasteiger partial charge in [0.05, 0.1) is 5.56 Å². The minimum atomic E-state index is -1.64. The van der Waals surface area contributed by atoms with Crippen molar-refractivity contribution in [3.8, 4) is 0 Å². The van der Waals surface area contributed by atoms with Gasteiger partial charge in [-0.05, 0) is 12.1 Å². The fraction of sp³-hybridized carbons (Fsp3) is 0.500. The molecule has 1 fully saturated rings. The topological polar surface area (TPSA) is 38.8 Å². The SMILES string of the molecule is COC1(OC)CCN(C(=O)c2ccc(F)c(F)c2F)CC1. The van der Waals surface area contributed by atoms with Crippen LogP contribution in [0.3, 0.4) is 0 Å². The van der Waals surface area contributed by atoms with Crippen molar-refractivity contribution >= 4 is 5.91 Å². The van der Waals surface area contributed by atoms with E-state index in [0.29, 0.717) is 12.8 Å². The Bertz CT molecular complexity index is 537. The molecule has 7 heteroatoms. The molecular weight excluding hydrogens is 287 g/mol. The van der Waals surface area contributed by atoms with Crippen molar-refractivity contribution in [3.63, 3.8) is 0 Å². The first-order valence-electron chi connectivity index (χ1n) is 6.47. The molecule has 0 atom stereocenters. The molecule has 0 aromatic heterocycles. The molecule has 1 aromatic rings. The zero-order valence-electron chi connectivity index (χ0n) is 11.8. The van der Waals surface area contributed by atoms with Crippen LogP contribution in [-0.4, -0.2) is 43.9 Å². The van der Waals surface area contributed by atoms with Crippen LogP contribution in [-0.2, 0) is 9.47 Å². The zero-order chi connectivity index (χ0) is 15.6. The molecule has 0 unspecified atom stereocenters. The Hall–Kier alpha value is -1.60. The molecule has 0 radical (unpaired) electrons. The minimum Gasteiger partial charge on any atom is -0.353 e. The lowest BCUT2D eigenvalue weighted by Crippen LogP contribution is -2.48. The van der Waals surface area contributed by atoms with Crippen LogP contribution in [0.2, 0.25) is 0 Å². The van der Waals surface area contributed by atoms with Gasteiger partial charge in [-0.2, -0.15) is 0 Å². The van der Waals surface area contributed by atoms with Crippen LogP contribution in [0.25, 0.3) is 0 Å². The first-order valence-corrected chi connectivity index (χ1v) is 6.47. The number of methoxy groups -OCH3 is 2. The predicted molar refractivity (Wildman–Crippen MR) is 68.2 cm³/mol. The summed E-state index contributed by atoms with van der Waals surface area (Å²) in [6, 6.07) is 1.69. The highest BCUT2D eigenvalue weighted by atomic mass is 19.2. The molecule has 1 aliphatic rings. The average molecular weight is 303 g/mol. The second-order valence-electron chi connectivity index (χ2n) is 4.83. The van der Waals surface area contributed by atoms with Crippen LogP contribution < -0.4 is 0 Å². The third-order valence-electron chi connectivity index (χ3n) is 3.82.